The third-order valence-corrected chi connectivity index (χ3v) is 2.92. The smallest absolute Gasteiger partial charge is 0.198 e. The highest BCUT2D eigenvalue weighted by atomic mass is 35.5. The fraction of sp³-hybridized carbons (Fsp3) is 0.0714. The van der Waals surface area contributed by atoms with Gasteiger partial charge in [0, 0.05) is 16.3 Å². The molecule has 0 spiro atoms. The van der Waals surface area contributed by atoms with Gasteiger partial charge in [0.25, 0.3) is 0 Å². The zero-order chi connectivity index (χ0) is 14.0. The molecule has 3 nitrogen and oxygen atoms in total. The number of nitrogen functional groups attached to an aromatic ring is 1. The van der Waals surface area contributed by atoms with Gasteiger partial charge in [-0.2, -0.15) is 0 Å². The van der Waals surface area contributed by atoms with Crippen molar-refractivity contribution in [1.29, 1.82) is 0 Å². The van der Waals surface area contributed by atoms with E-state index in [4.69, 9.17) is 22.1 Å². The highest BCUT2D eigenvalue weighted by molar-refractivity contribution is 6.31. The molecule has 2 N–H and O–H groups in total. The largest absolute Gasteiger partial charge is 0.494 e. The molecule has 0 unspecified atom stereocenters. The zero-order valence-corrected chi connectivity index (χ0v) is 10.9. The molecule has 0 saturated carbocycles. The van der Waals surface area contributed by atoms with Crippen LogP contribution < -0.4 is 10.5 Å². The average molecular weight is 280 g/mol. The number of hydrogen-bond acceptors (Lipinski definition) is 3. The van der Waals surface area contributed by atoms with Crippen LogP contribution in [0, 0.1) is 5.82 Å². The van der Waals surface area contributed by atoms with E-state index in [0.717, 1.165) is 0 Å². The van der Waals surface area contributed by atoms with E-state index in [0.29, 0.717) is 5.02 Å². The molecule has 0 aromatic heterocycles. The predicted molar refractivity (Wildman–Crippen MR) is 72.2 cm³/mol. The van der Waals surface area contributed by atoms with Crippen LogP contribution in [0.5, 0.6) is 5.75 Å². The Morgan fingerprint density at radius 1 is 1.26 bits per heavy atom. The fourth-order valence-electron chi connectivity index (χ4n) is 1.71. The number of ether oxygens (including phenoxy) is 1. The van der Waals surface area contributed by atoms with Gasteiger partial charge in [0.05, 0.1) is 12.7 Å². The number of hydrogen-bond donors (Lipinski definition) is 1. The van der Waals surface area contributed by atoms with Crippen LogP contribution in [0.25, 0.3) is 0 Å². The van der Waals surface area contributed by atoms with Gasteiger partial charge >= 0.3 is 0 Å². The maximum Gasteiger partial charge on any atom is 0.198 e. The summed E-state index contributed by atoms with van der Waals surface area (Å²) in [6.45, 7) is 0. The Balaban J connectivity index is 2.53. The zero-order valence-electron chi connectivity index (χ0n) is 10.1. The van der Waals surface area contributed by atoms with Gasteiger partial charge in [-0.25, -0.2) is 4.39 Å². The van der Waals surface area contributed by atoms with Gasteiger partial charge in [-0.1, -0.05) is 17.7 Å². The van der Waals surface area contributed by atoms with Gasteiger partial charge in [-0.3, -0.25) is 4.79 Å². The lowest BCUT2D eigenvalue weighted by atomic mass is 10.0. The molecule has 98 valence electrons. The topological polar surface area (TPSA) is 52.3 Å². The molecule has 0 bridgehead atoms. The normalized spacial score (nSPS) is 10.3. The lowest BCUT2D eigenvalue weighted by molar-refractivity contribution is 0.103. The van der Waals surface area contributed by atoms with Gasteiger partial charge < -0.3 is 10.5 Å². The molecular weight excluding hydrogens is 269 g/mol. The molecule has 19 heavy (non-hydrogen) atoms. The van der Waals surface area contributed by atoms with Crippen molar-refractivity contribution in [3.05, 3.63) is 58.4 Å². The van der Waals surface area contributed by atoms with Crippen LogP contribution in [0.15, 0.2) is 36.4 Å². The van der Waals surface area contributed by atoms with E-state index in [2.05, 4.69) is 0 Å². The number of benzene rings is 2. The molecule has 0 atom stereocenters. The van der Waals surface area contributed by atoms with E-state index in [-0.39, 0.29) is 22.6 Å². The Hall–Kier alpha value is -2.07. The lowest BCUT2D eigenvalue weighted by Crippen LogP contribution is -2.08. The van der Waals surface area contributed by atoms with E-state index < -0.39 is 11.6 Å². The molecule has 0 fully saturated rings. The summed E-state index contributed by atoms with van der Waals surface area (Å²) in [7, 11) is 1.33. The first-order valence-electron chi connectivity index (χ1n) is 5.47. The number of halogens is 2. The van der Waals surface area contributed by atoms with Crippen molar-refractivity contribution in [3.8, 4) is 5.75 Å². The second kappa shape index (κ2) is 5.28. The van der Waals surface area contributed by atoms with Crippen molar-refractivity contribution in [3.63, 3.8) is 0 Å². The molecule has 0 aliphatic rings. The average Bonchev–Trinajstić information content (AvgIpc) is 2.41. The second-order valence-corrected chi connectivity index (χ2v) is 4.32. The quantitative estimate of drug-likeness (QED) is 0.693. The lowest BCUT2D eigenvalue weighted by Gasteiger charge is -2.08. The molecule has 0 aliphatic heterocycles. The molecule has 0 aliphatic carbocycles. The third kappa shape index (κ3) is 2.53. The maximum atomic E-state index is 14.0. The Kier molecular flexibility index (Phi) is 3.71. The number of anilines is 1. The van der Waals surface area contributed by atoms with Crippen molar-refractivity contribution < 1.29 is 13.9 Å². The summed E-state index contributed by atoms with van der Waals surface area (Å²) in [4.78, 5) is 12.3. The SMILES string of the molecule is COc1cccc(C(=O)c2cc(Cl)ccc2N)c1F. The highest BCUT2D eigenvalue weighted by Crippen LogP contribution is 2.26. The maximum absolute atomic E-state index is 14.0. The van der Waals surface area contributed by atoms with Crippen LogP contribution in [0.3, 0.4) is 0 Å². The molecule has 5 heteroatoms. The minimum atomic E-state index is -0.714. The molecule has 0 heterocycles. The van der Waals surface area contributed by atoms with Gasteiger partial charge in [0.2, 0.25) is 0 Å². The summed E-state index contributed by atoms with van der Waals surface area (Å²) in [5, 5.41) is 0.362. The summed E-state index contributed by atoms with van der Waals surface area (Å²) in [5.41, 5.74) is 6.02. The fourth-order valence-corrected chi connectivity index (χ4v) is 1.89. The number of carbonyl (C=O) groups is 1. The molecule has 2 rings (SSSR count). The van der Waals surface area contributed by atoms with Gasteiger partial charge in [-0.15, -0.1) is 0 Å². The first kappa shape index (κ1) is 13.4. The predicted octanol–water partition coefficient (Wildman–Crippen LogP) is 3.30. The van der Waals surface area contributed by atoms with E-state index in [9.17, 15) is 9.18 Å². The molecule has 0 radical (unpaired) electrons. The molecule has 2 aromatic carbocycles. The summed E-state index contributed by atoms with van der Waals surface area (Å²) < 4.78 is 18.9. The highest BCUT2D eigenvalue weighted by Gasteiger charge is 2.19. The van der Waals surface area contributed by atoms with Gasteiger partial charge in [0.15, 0.2) is 17.3 Å². The van der Waals surface area contributed by atoms with Crippen molar-refractivity contribution in [1.82, 2.24) is 0 Å². The number of rotatable bonds is 3. The Morgan fingerprint density at radius 2 is 2.00 bits per heavy atom. The van der Waals surface area contributed by atoms with Crippen molar-refractivity contribution in [2.75, 3.05) is 12.8 Å². The van der Waals surface area contributed by atoms with Gasteiger partial charge in [-0.05, 0) is 30.3 Å². The van der Waals surface area contributed by atoms with Crippen LogP contribution in [0.4, 0.5) is 10.1 Å². The summed E-state index contributed by atoms with van der Waals surface area (Å²) in [5.74, 6) is -1.24. The molecule has 0 amide bonds. The molecule has 2 aromatic rings. The Morgan fingerprint density at radius 3 is 2.68 bits per heavy atom. The van der Waals surface area contributed by atoms with Crippen molar-refractivity contribution in [2.45, 2.75) is 0 Å². The van der Waals surface area contributed by atoms with Crippen LogP contribution >= 0.6 is 11.6 Å². The van der Waals surface area contributed by atoms with E-state index in [1.807, 2.05) is 0 Å². The van der Waals surface area contributed by atoms with Crippen LogP contribution in [-0.2, 0) is 0 Å². The first-order valence-corrected chi connectivity index (χ1v) is 5.84. The number of ketones is 1. The van der Waals surface area contributed by atoms with E-state index >= 15 is 0 Å². The Labute approximate surface area is 114 Å². The Bertz CT molecular complexity index is 643. The van der Waals surface area contributed by atoms with E-state index in [1.54, 1.807) is 6.07 Å². The van der Waals surface area contributed by atoms with Crippen molar-refractivity contribution >= 4 is 23.1 Å². The summed E-state index contributed by atoms with van der Waals surface area (Å²) >= 11 is 5.82. The van der Waals surface area contributed by atoms with E-state index in [1.165, 1.54) is 37.4 Å². The third-order valence-electron chi connectivity index (χ3n) is 2.69. The summed E-state index contributed by atoms with van der Waals surface area (Å²) in [6, 6.07) is 8.84. The van der Waals surface area contributed by atoms with Crippen LogP contribution in [0.2, 0.25) is 5.02 Å². The van der Waals surface area contributed by atoms with Crippen molar-refractivity contribution in [2.24, 2.45) is 0 Å². The number of nitrogens with two attached hydrogens (primary N) is 1. The van der Waals surface area contributed by atoms with Gasteiger partial charge in [0.1, 0.15) is 0 Å². The minimum Gasteiger partial charge on any atom is -0.494 e. The second-order valence-electron chi connectivity index (χ2n) is 3.88. The van der Waals surface area contributed by atoms with Crippen LogP contribution in [-0.4, -0.2) is 12.9 Å². The number of carbonyl (C=O) groups excluding carboxylic acids is 1. The number of methoxy groups -OCH3 is 1. The van der Waals surface area contributed by atoms with Crippen LogP contribution in [0.1, 0.15) is 15.9 Å². The molecular formula is C14H11ClFNO2. The summed E-state index contributed by atoms with van der Waals surface area (Å²) in [6.07, 6.45) is 0. The minimum absolute atomic E-state index is 0.00597. The molecule has 0 saturated heterocycles. The standard InChI is InChI=1S/C14H11ClFNO2/c1-19-12-4-2-3-9(13(12)16)14(18)10-7-8(15)5-6-11(10)17/h2-7H,17H2,1H3. The monoisotopic (exact) mass is 279 g/mol. The first-order chi connectivity index (χ1) is 9.04.